The second-order valence-electron chi connectivity index (χ2n) is 5.77. The van der Waals surface area contributed by atoms with E-state index in [1.165, 1.54) is 0 Å². The molecule has 1 saturated heterocycles. The summed E-state index contributed by atoms with van der Waals surface area (Å²) in [6, 6.07) is 5.44. The van der Waals surface area contributed by atoms with Crippen molar-refractivity contribution in [1.82, 2.24) is 5.32 Å². The predicted molar refractivity (Wildman–Crippen MR) is 85.4 cm³/mol. The molecule has 0 bridgehead atoms. The zero-order valence-corrected chi connectivity index (χ0v) is 13.4. The van der Waals surface area contributed by atoms with Gasteiger partial charge in [0.2, 0.25) is 0 Å². The smallest absolute Gasteiger partial charge is 0.130 e. The first-order valence-electron chi connectivity index (χ1n) is 7.96. The highest BCUT2D eigenvalue weighted by molar-refractivity contribution is 5.56. The van der Waals surface area contributed by atoms with Crippen molar-refractivity contribution in [2.24, 2.45) is 0 Å². The van der Waals surface area contributed by atoms with E-state index in [1.807, 2.05) is 19.1 Å². The molecule has 0 aromatic heterocycles. The van der Waals surface area contributed by atoms with Crippen molar-refractivity contribution >= 4 is 5.69 Å². The number of ether oxygens (including phenoxy) is 1. The average molecular weight is 294 g/mol. The molecule has 1 fully saturated rings. The second-order valence-corrected chi connectivity index (χ2v) is 5.77. The number of hydrogen-bond acceptors (Lipinski definition) is 3. The summed E-state index contributed by atoms with van der Waals surface area (Å²) in [6.45, 7) is 6.92. The molecule has 1 N–H and O–H groups in total. The Labute approximate surface area is 127 Å². The van der Waals surface area contributed by atoms with Crippen LogP contribution in [-0.4, -0.2) is 32.8 Å². The van der Waals surface area contributed by atoms with Crippen LogP contribution >= 0.6 is 0 Å². The standard InChI is InChI=1S/C17H27FN2O/c1-4-10-19-13(2)17-15(18)6-5-7-16(17)20-11-8-14(21-3)9-12-20/h5-7,13-14,19H,4,8-12H2,1-3H3. The summed E-state index contributed by atoms with van der Waals surface area (Å²) >= 11 is 0. The molecule has 4 heteroatoms. The zero-order valence-electron chi connectivity index (χ0n) is 13.4. The van der Waals surface area contributed by atoms with Gasteiger partial charge in [0.15, 0.2) is 0 Å². The molecule has 2 rings (SSSR count). The predicted octanol–water partition coefficient (Wildman–Crippen LogP) is 3.50. The molecule has 1 aliphatic heterocycles. The van der Waals surface area contributed by atoms with Crippen molar-refractivity contribution < 1.29 is 9.13 Å². The Hall–Kier alpha value is -1.13. The number of halogens is 1. The van der Waals surface area contributed by atoms with Gasteiger partial charge in [0, 0.05) is 37.5 Å². The van der Waals surface area contributed by atoms with Crippen molar-refractivity contribution in [3.63, 3.8) is 0 Å². The van der Waals surface area contributed by atoms with Crippen LogP contribution in [0.3, 0.4) is 0 Å². The number of methoxy groups -OCH3 is 1. The third-order valence-electron chi connectivity index (χ3n) is 4.28. The maximum Gasteiger partial charge on any atom is 0.130 e. The maximum absolute atomic E-state index is 14.3. The third kappa shape index (κ3) is 3.95. The lowest BCUT2D eigenvalue weighted by Gasteiger charge is -2.35. The molecule has 1 heterocycles. The van der Waals surface area contributed by atoms with E-state index >= 15 is 0 Å². The van der Waals surface area contributed by atoms with E-state index in [4.69, 9.17) is 4.74 Å². The van der Waals surface area contributed by atoms with Crippen LogP contribution in [0.15, 0.2) is 18.2 Å². The Morgan fingerprint density at radius 2 is 2.10 bits per heavy atom. The van der Waals surface area contributed by atoms with Gasteiger partial charge < -0.3 is 15.0 Å². The number of rotatable bonds is 6. The lowest BCUT2D eigenvalue weighted by molar-refractivity contribution is 0.0819. The van der Waals surface area contributed by atoms with Gasteiger partial charge in [-0.15, -0.1) is 0 Å². The molecule has 0 radical (unpaired) electrons. The fourth-order valence-electron chi connectivity index (χ4n) is 3.03. The Kier molecular flexibility index (Phi) is 6.00. The highest BCUT2D eigenvalue weighted by atomic mass is 19.1. The molecular weight excluding hydrogens is 267 g/mol. The highest BCUT2D eigenvalue weighted by Gasteiger charge is 2.23. The van der Waals surface area contributed by atoms with Gasteiger partial charge in [-0.1, -0.05) is 13.0 Å². The van der Waals surface area contributed by atoms with Crippen LogP contribution in [0, 0.1) is 5.82 Å². The molecule has 0 aliphatic carbocycles. The summed E-state index contributed by atoms with van der Waals surface area (Å²) in [7, 11) is 1.77. The Bertz CT molecular complexity index is 444. The van der Waals surface area contributed by atoms with E-state index in [0.29, 0.717) is 6.10 Å². The lowest BCUT2D eigenvalue weighted by Crippen LogP contribution is -2.37. The third-order valence-corrected chi connectivity index (χ3v) is 4.28. The van der Waals surface area contributed by atoms with Gasteiger partial charge in [-0.3, -0.25) is 0 Å². The molecule has 21 heavy (non-hydrogen) atoms. The van der Waals surface area contributed by atoms with Crippen molar-refractivity contribution in [2.45, 2.75) is 45.3 Å². The molecule has 118 valence electrons. The summed E-state index contributed by atoms with van der Waals surface area (Å²) in [5.74, 6) is -0.113. The molecule has 3 nitrogen and oxygen atoms in total. The topological polar surface area (TPSA) is 24.5 Å². The van der Waals surface area contributed by atoms with Gasteiger partial charge in [-0.25, -0.2) is 4.39 Å². The van der Waals surface area contributed by atoms with E-state index in [1.54, 1.807) is 13.2 Å². The fourth-order valence-corrected chi connectivity index (χ4v) is 3.03. The Morgan fingerprint density at radius 1 is 1.38 bits per heavy atom. The van der Waals surface area contributed by atoms with E-state index in [0.717, 1.165) is 50.1 Å². The Morgan fingerprint density at radius 3 is 2.71 bits per heavy atom. The second kappa shape index (κ2) is 7.76. The summed E-state index contributed by atoms with van der Waals surface area (Å²) in [4.78, 5) is 2.29. The summed E-state index contributed by atoms with van der Waals surface area (Å²) in [6.07, 6.45) is 3.40. The summed E-state index contributed by atoms with van der Waals surface area (Å²) in [5.41, 5.74) is 1.82. The van der Waals surface area contributed by atoms with Gasteiger partial charge in [0.25, 0.3) is 0 Å². The van der Waals surface area contributed by atoms with Gasteiger partial charge in [0.05, 0.1) is 6.10 Å². The molecule has 1 atom stereocenters. The monoisotopic (exact) mass is 294 g/mol. The molecular formula is C17H27FN2O. The van der Waals surface area contributed by atoms with Crippen LogP contribution in [0.4, 0.5) is 10.1 Å². The first kappa shape index (κ1) is 16.2. The maximum atomic E-state index is 14.3. The summed E-state index contributed by atoms with van der Waals surface area (Å²) < 4.78 is 19.8. The number of nitrogens with one attached hydrogen (secondary N) is 1. The molecule has 1 unspecified atom stereocenters. The van der Waals surface area contributed by atoms with Gasteiger partial charge in [-0.05, 0) is 44.9 Å². The minimum absolute atomic E-state index is 0.0290. The Balaban J connectivity index is 2.17. The molecule has 0 amide bonds. The van der Waals surface area contributed by atoms with Crippen molar-refractivity contribution in [1.29, 1.82) is 0 Å². The zero-order chi connectivity index (χ0) is 15.2. The number of nitrogens with zero attached hydrogens (tertiary/aromatic N) is 1. The van der Waals surface area contributed by atoms with E-state index < -0.39 is 0 Å². The fraction of sp³-hybridized carbons (Fsp3) is 0.647. The first-order valence-corrected chi connectivity index (χ1v) is 7.96. The normalized spacial score (nSPS) is 18.0. The van der Waals surface area contributed by atoms with Crippen LogP contribution in [0.5, 0.6) is 0 Å². The number of hydrogen-bond donors (Lipinski definition) is 1. The van der Waals surface area contributed by atoms with Gasteiger partial charge in [0.1, 0.15) is 5.82 Å². The summed E-state index contributed by atoms with van der Waals surface area (Å²) in [5, 5.41) is 3.40. The van der Waals surface area contributed by atoms with Gasteiger partial charge in [-0.2, -0.15) is 0 Å². The van der Waals surface area contributed by atoms with Crippen LogP contribution in [0.2, 0.25) is 0 Å². The molecule has 1 aromatic rings. The van der Waals surface area contributed by atoms with Crippen LogP contribution in [0.25, 0.3) is 0 Å². The number of benzene rings is 1. The molecule has 0 saturated carbocycles. The van der Waals surface area contributed by atoms with Gasteiger partial charge >= 0.3 is 0 Å². The largest absolute Gasteiger partial charge is 0.381 e. The molecule has 0 spiro atoms. The highest BCUT2D eigenvalue weighted by Crippen LogP contribution is 2.31. The van der Waals surface area contributed by atoms with Crippen LogP contribution < -0.4 is 10.2 Å². The van der Waals surface area contributed by atoms with Crippen molar-refractivity contribution in [3.05, 3.63) is 29.6 Å². The average Bonchev–Trinajstić information content (AvgIpc) is 2.52. The van der Waals surface area contributed by atoms with E-state index in [9.17, 15) is 4.39 Å². The van der Waals surface area contributed by atoms with E-state index in [-0.39, 0.29) is 11.9 Å². The van der Waals surface area contributed by atoms with Crippen molar-refractivity contribution in [3.8, 4) is 0 Å². The molecule has 1 aromatic carbocycles. The quantitative estimate of drug-likeness (QED) is 0.869. The first-order chi connectivity index (χ1) is 10.2. The number of piperidine rings is 1. The minimum atomic E-state index is -0.113. The SMILES string of the molecule is CCCNC(C)c1c(F)cccc1N1CCC(OC)CC1. The van der Waals surface area contributed by atoms with E-state index in [2.05, 4.69) is 17.1 Å². The number of anilines is 1. The minimum Gasteiger partial charge on any atom is -0.381 e. The van der Waals surface area contributed by atoms with Crippen LogP contribution in [0.1, 0.15) is 44.7 Å². The molecule has 1 aliphatic rings. The van der Waals surface area contributed by atoms with Crippen molar-refractivity contribution in [2.75, 3.05) is 31.6 Å². The lowest BCUT2D eigenvalue weighted by atomic mass is 10.0. The van der Waals surface area contributed by atoms with Crippen LogP contribution in [-0.2, 0) is 4.74 Å².